The van der Waals surface area contributed by atoms with E-state index in [0.717, 1.165) is 50.1 Å². The molecular weight excluding hydrogens is 394 g/mol. The number of aromatic nitrogens is 2. The van der Waals surface area contributed by atoms with Crippen LogP contribution in [0.1, 0.15) is 43.4 Å². The van der Waals surface area contributed by atoms with Crippen LogP contribution in [-0.2, 0) is 31.0 Å². The first kappa shape index (κ1) is 20.7. The highest BCUT2D eigenvalue weighted by Gasteiger charge is 2.44. The lowest BCUT2D eigenvalue weighted by Crippen LogP contribution is -2.49. The Hall–Kier alpha value is -2.22. The number of hydrogen-bond acceptors (Lipinski definition) is 5. The van der Waals surface area contributed by atoms with Gasteiger partial charge in [0, 0.05) is 25.9 Å². The van der Waals surface area contributed by atoms with E-state index in [1.807, 2.05) is 27.8 Å². The van der Waals surface area contributed by atoms with Crippen LogP contribution in [0.15, 0.2) is 36.5 Å². The maximum atomic E-state index is 12.6. The summed E-state index contributed by atoms with van der Waals surface area (Å²) in [6.45, 7) is 3.47. The zero-order chi connectivity index (χ0) is 21.1. The van der Waals surface area contributed by atoms with Crippen molar-refractivity contribution in [1.29, 1.82) is 0 Å². The van der Waals surface area contributed by atoms with E-state index in [9.17, 15) is 4.79 Å². The summed E-state index contributed by atoms with van der Waals surface area (Å²) < 4.78 is 19.6. The van der Waals surface area contributed by atoms with E-state index >= 15 is 0 Å². The number of piperidine rings is 1. The lowest BCUT2D eigenvalue weighted by molar-refractivity contribution is -0.147. The van der Waals surface area contributed by atoms with E-state index in [0.29, 0.717) is 26.3 Å². The van der Waals surface area contributed by atoms with Crippen LogP contribution in [-0.4, -0.2) is 66.2 Å². The third-order valence-corrected chi connectivity index (χ3v) is 6.72. The number of para-hydroxylation sites is 1. The molecule has 5 rings (SSSR count). The van der Waals surface area contributed by atoms with E-state index < -0.39 is 0 Å². The molecule has 0 saturated carbocycles. The van der Waals surface area contributed by atoms with Gasteiger partial charge in [-0.3, -0.25) is 4.79 Å². The Morgan fingerprint density at radius 3 is 2.77 bits per heavy atom. The quantitative estimate of drug-likeness (QED) is 0.737. The molecule has 2 saturated heterocycles. The Bertz CT molecular complexity index is 883. The van der Waals surface area contributed by atoms with Crippen LogP contribution in [0.5, 0.6) is 0 Å². The van der Waals surface area contributed by atoms with Crippen molar-refractivity contribution in [3.63, 3.8) is 0 Å². The zero-order valence-corrected chi connectivity index (χ0v) is 18.0. The molecule has 1 unspecified atom stereocenters. The van der Waals surface area contributed by atoms with E-state index in [2.05, 4.69) is 18.3 Å². The van der Waals surface area contributed by atoms with Crippen molar-refractivity contribution in [2.75, 3.05) is 39.5 Å². The van der Waals surface area contributed by atoms with Crippen molar-refractivity contribution >= 4 is 5.91 Å². The highest BCUT2D eigenvalue weighted by molar-refractivity contribution is 5.77. The summed E-state index contributed by atoms with van der Waals surface area (Å²) in [4.78, 5) is 14.5. The van der Waals surface area contributed by atoms with Crippen molar-refractivity contribution in [1.82, 2.24) is 14.7 Å². The van der Waals surface area contributed by atoms with Crippen molar-refractivity contribution in [2.24, 2.45) is 0 Å². The van der Waals surface area contributed by atoms with Gasteiger partial charge < -0.3 is 19.1 Å². The summed E-state index contributed by atoms with van der Waals surface area (Å²) in [5.74, 6) is 0.0523. The van der Waals surface area contributed by atoms with Gasteiger partial charge in [0.15, 0.2) is 0 Å². The van der Waals surface area contributed by atoms with Gasteiger partial charge in [0.2, 0.25) is 5.91 Å². The van der Waals surface area contributed by atoms with Crippen LogP contribution in [0.25, 0.3) is 5.69 Å². The Kier molecular flexibility index (Phi) is 6.07. The number of carbonyl (C=O) groups is 1. The SMILES string of the molecule is O=C(COCC1CCCCO1)N1CCC2(CC1)OCCc1cn(-c3ccccc3)nc12. The number of hydrogen-bond donors (Lipinski definition) is 0. The summed E-state index contributed by atoms with van der Waals surface area (Å²) in [6, 6.07) is 10.2. The van der Waals surface area contributed by atoms with Crippen LogP contribution in [0.3, 0.4) is 0 Å². The van der Waals surface area contributed by atoms with E-state index in [4.69, 9.17) is 19.3 Å². The second-order valence-corrected chi connectivity index (χ2v) is 8.76. The fourth-order valence-corrected chi connectivity index (χ4v) is 4.92. The summed E-state index contributed by atoms with van der Waals surface area (Å²) >= 11 is 0. The monoisotopic (exact) mass is 425 g/mol. The lowest BCUT2D eigenvalue weighted by Gasteiger charge is -2.43. The molecule has 1 aromatic heterocycles. The third kappa shape index (κ3) is 4.40. The van der Waals surface area contributed by atoms with Gasteiger partial charge >= 0.3 is 0 Å². The minimum Gasteiger partial charge on any atom is -0.376 e. The van der Waals surface area contributed by atoms with E-state index in [-0.39, 0.29) is 24.2 Å². The largest absolute Gasteiger partial charge is 0.376 e. The lowest BCUT2D eigenvalue weighted by atomic mass is 9.84. The number of likely N-dealkylation sites (tertiary alicyclic amines) is 1. The molecule has 3 aliphatic rings. The smallest absolute Gasteiger partial charge is 0.248 e. The first-order chi connectivity index (χ1) is 15.2. The average molecular weight is 426 g/mol. The number of rotatable bonds is 5. The van der Waals surface area contributed by atoms with Gasteiger partial charge in [-0.25, -0.2) is 4.68 Å². The van der Waals surface area contributed by atoms with E-state index in [1.165, 1.54) is 12.0 Å². The normalized spacial score (nSPS) is 23.0. The van der Waals surface area contributed by atoms with Crippen molar-refractivity contribution in [3.8, 4) is 5.69 Å². The molecule has 0 aliphatic carbocycles. The Balaban J connectivity index is 1.19. The third-order valence-electron chi connectivity index (χ3n) is 6.72. The molecule has 4 heterocycles. The van der Waals surface area contributed by atoms with Gasteiger partial charge in [-0.05, 0) is 56.2 Å². The summed E-state index contributed by atoms with van der Waals surface area (Å²) in [6.07, 6.45) is 8.01. The van der Waals surface area contributed by atoms with Crippen LogP contribution >= 0.6 is 0 Å². The van der Waals surface area contributed by atoms with E-state index in [1.54, 1.807) is 0 Å². The number of ether oxygens (including phenoxy) is 3. The average Bonchev–Trinajstić information content (AvgIpc) is 3.27. The molecule has 7 nitrogen and oxygen atoms in total. The summed E-state index contributed by atoms with van der Waals surface area (Å²) in [7, 11) is 0. The predicted molar refractivity (Wildman–Crippen MR) is 115 cm³/mol. The molecule has 0 N–H and O–H groups in total. The first-order valence-electron chi connectivity index (χ1n) is 11.5. The number of carbonyl (C=O) groups excluding carboxylic acids is 1. The Labute approximate surface area is 183 Å². The fraction of sp³-hybridized carbons (Fsp3) is 0.583. The van der Waals surface area contributed by atoms with Crippen LogP contribution < -0.4 is 0 Å². The molecule has 2 fully saturated rings. The molecule has 1 spiro atoms. The van der Waals surface area contributed by atoms with Crippen LogP contribution in [0.2, 0.25) is 0 Å². The highest BCUT2D eigenvalue weighted by Crippen LogP contribution is 2.41. The molecule has 2 aromatic rings. The summed E-state index contributed by atoms with van der Waals surface area (Å²) in [5.41, 5.74) is 2.96. The molecule has 3 aliphatic heterocycles. The minimum atomic E-state index is -0.388. The maximum Gasteiger partial charge on any atom is 0.248 e. The van der Waals surface area contributed by atoms with Crippen molar-refractivity contribution < 1.29 is 19.0 Å². The molecule has 31 heavy (non-hydrogen) atoms. The molecular formula is C24H31N3O4. The summed E-state index contributed by atoms with van der Waals surface area (Å²) in [5, 5.41) is 4.92. The van der Waals surface area contributed by atoms with Crippen LogP contribution in [0.4, 0.5) is 0 Å². The number of nitrogens with zero attached hydrogens (tertiary/aromatic N) is 3. The van der Waals surface area contributed by atoms with Crippen LogP contribution in [0, 0.1) is 0 Å². The molecule has 7 heteroatoms. The standard InChI is InChI=1S/C24H31N3O4/c28-22(18-29-17-21-8-4-5-14-30-21)26-12-10-24(11-13-26)23-19(9-15-31-24)16-27(25-23)20-6-2-1-3-7-20/h1-3,6-7,16,21H,4-5,8-15,17-18H2. The molecule has 0 radical (unpaired) electrons. The maximum absolute atomic E-state index is 12.6. The van der Waals surface area contributed by atoms with Gasteiger partial charge in [-0.2, -0.15) is 5.10 Å². The highest BCUT2D eigenvalue weighted by atomic mass is 16.5. The fourth-order valence-electron chi connectivity index (χ4n) is 4.92. The predicted octanol–water partition coefficient (Wildman–Crippen LogP) is 2.85. The van der Waals surface area contributed by atoms with Crippen molar-refractivity contribution in [2.45, 2.75) is 50.2 Å². The minimum absolute atomic E-state index is 0.0523. The van der Waals surface area contributed by atoms with Crippen molar-refractivity contribution in [3.05, 3.63) is 47.8 Å². The number of amides is 1. The van der Waals surface area contributed by atoms with Gasteiger partial charge in [0.1, 0.15) is 12.2 Å². The van der Waals surface area contributed by atoms with Gasteiger partial charge in [-0.15, -0.1) is 0 Å². The second kappa shape index (κ2) is 9.10. The molecule has 0 bridgehead atoms. The van der Waals surface area contributed by atoms with Gasteiger partial charge in [0.05, 0.1) is 30.7 Å². The number of benzene rings is 1. The Morgan fingerprint density at radius 1 is 1.16 bits per heavy atom. The molecule has 1 amide bonds. The molecule has 1 aromatic carbocycles. The molecule has 1 atom stereocenters. The van der Waals surface area contributed by atoms with Gasteiger partial charge in [0.25, 0.3) is 0 Å². The number of fused-ring (bicyclic) bond motifs is 2. The van der Waals surface area contributed by atoms with Gasteiger partial charge in [-0.1, -0.05) is 18.2 Å². The Morgan fingerprint density at radius 2 is 2.00 bits per heavy atom. The topological polar surface area (TPSA) is 65.8 Å². The zero-order valence-electron chi connectivity index (χ0n) is 18.0. The molecule has 166 valence electrons. The second-order valence-electron chi connectivity index (χ2n) is 8.76. The first-order valence-corrected chi connectivity index (χ1v) is 11.5.